The van der Waals surface area contributed by atoms with Gasteiger partial charge in [0.15, 0.2) is 0 Å². The Balaban J connectivity index is 1.97. The van der Waals surface area contributed by atoms with E-state index >= 15 is 0 Å². The van der Waals surface area contributed by atoms with Crippen LogP contribution < -0.4 is 10.1 Å². The van der Waals surface area contributed by atoms with E-state index in [1.807, 2.05) is 6.07 Å². The van der Waals surface area contributed by atoms with Crippen LogP contribution in [0.5, 0.6) is 5.88 Å². The lowest BCUT2D eigenvalue weighted by Gasteiger charge is -2.11. The van der Waals surface area contributed by atoms with Gasteiger partial charge in [-0.2, -0.15) is 0 Å². The summed E-state index contributed by atoms with van der Waals surface area (Å²) in [6, 6.07) is 1.95. The molecule has 1 aliphatic heterocycles. The number of hydrogen-bond acceptors (Lipinski definition) is 4. The van der Waals surface area contributed by atoms with E-state index < -0.39 is 0 Å². The Morgan fingerprint density at radius 2 is 2.47 bits per heavy atom. The zero-order valence-electron chi connectivity index (χ0n) is 9.07. The highest BCUT2D eigenvalue weighted by Gasteiger charge is 2.16. The fourth-order valence-electron chi connectivity index (χ4n) is 1.73. The van der Waals surface area contributed by atoms with Gasteiger partial charge in [-0.1, -0.05) is 13.3 Å². The van der Waals surface area contributed by atoms with Gasteiger partial charge in [-0.3, -0.25) is 0 Å². The van der Waals surface area contributed by atoms with E-state index in [9.17, 15) is 0 Å². The summed E-state index contributed by atoms with van der Waals surface area (Å²) in [5.74, 6) is 0.710. The minimum absolute atomic E-state index is 0.273. The maximum Gasteiger partial charge on any atom is 0.216 e. The molecule has 4 heteroatoms. The van der Waals surface area contributed by atoms with Crippen molar-refractivity contribution < 1.29 is 4.74 Å². The van der Waals surface area contributed by atoms with Crippen molar-refractivity contribution in [2.75, 3.05) is 13.1 Å². The molecule has 0 aromatic carbocycles. The SMILES string of the molecule is CCCc1cc(OC2CCNC2)ncn1. The number of aryl methyl sites for hydroxylation is 1. The van der Waals surface area contributed by atoms with Crippen molar-refractivity contribution in [3.63, 3.8) is 0 Å². The molecule has 1 atom stereocenters. The Bertz CT molecular complexity index is 310. The first-order valence-electron chi connectivity index (χ1n) is 5.57. The van der Waals surface area contributed by atoms with Crippen LogP contribution in [0.25, 0.3) is 0 Å². The second kappa shape index (κ2) is 5.07. The van der Waals surface area contributed by atoms with Crippen molar-refractivity contribution in [3.05, 3.63) is 18.1 Å². The second-order valence-electron chi connectivity index (χ2n) is 3.83. The lowest BCUT2D eigenvalue weighted by Crippen LogP contribution is -2.20. The molecule has 1 saturated heterocycles. The van der Waals surface area contributed by atoms with E-state index in [2.05, 4.69) is 22.2 Å². The van der Waals surface area contributed by atoms with E-state index in [-0.39, 0.29) is 6.10 Å². The van der Waals surface area contributed by atoms with Crippen LogP contribution in [0.3, 0.4) is 0 Å². The van der Waals surface area contributed by atoms with Gasteiger partial charge in [0.1, 0.15) is 12.4 Å². The van der Waals surface area contributed by atoms with Crippen molar-refractivity contribution in [3.8, 4) is 5.88 Å². The van der Waals surface area contributed by atoms with Gasteiger partial charge in [-0.25, -0.2) is 9.97 Å². The molecule has 0 radical (unpaired) electrons. The van der Waals surface area contributed by atoms with Gasteiger partial charge in [-0.15, -0.1) is 0 Å². The van der Waals surface area contributed by atoms with Gasteiger partial charge in [0.25, 0.3) is 0 Å². The van der Waals surface area contributed by atoms with E-state index in [4.69, 9.17) is 4.74 Å². The van der Waals surface area contributed by atoms with Crippen LogP contribution >= 0.6 is 0 Å². The predicted molar refractivity (Wildman–Crippen MR) is 57.9 cm³/mol. The molecule has 1 aliphatic rings. The van der Waals surface area contributed by atoms with Gasteiger partial charge in [-0.05, 0) is 19.4 Å². The maximum atomic E-state index is 5.75. The summed E-state index contributed by atoms with van der Waals surface area (Å²) >= 11 is 0. The number of nitrogens with zero attached hydrogens (tertiary/aromatic N) is 2. The molecule has 0 bridgehead atoms. The topological polar surface area (TPSA) is 47.0 Å². The first kappa shape index (κ1) is 10.4. The molecule has 82 valence electrons. The smallest absolute Gasteiger partial charge is 0.216 e. The van der Waals surface area contributed by atoms with Gasteiger partial charge >= 0.3 is 0 Å². The number of nitrogens with one attached hydrogen (secondary N) is 1. The van der Waals surface area contributed by atoms with Gasteiger partial charge in [0.05, 0.1) is 0 Å². The van der Waals surface area contributed by atoms with Crippen LogP contribution in [0.4, 0.5) is 0 Å². The summed E-state index contributed by atoms with van der Waals surface area (Å²) in [5.41, 5.74) is 1.06. The van der Waals surface area contributed by atoms with Gasteiger partial charge in [0.2, 0.25) is 5.88 Å². The molecule has 1 N–H and O–H groups in total. The van der Waals surface area contributed by atoms with Crippen molar-refractivity contribution in [1.82, 2.24) is 15.3 Å². The summed E-state index contributed by atoms with van der Waals surface area (Å²) in [6.45, 7) is 4.11. The molecule has 0 aliphatic carbocycles. The Morgan fingerprint density at radius 1 is 1.53 bits per heavy atom. The molecule has 0 saturated carbocycles. The minimum atomic E-state index is 0.273. The zero-order chi connectivity index (χ0) is 10.5. The normalized spacial score (nSPS) is 20.5. The average Bonchev–Trinajstić information content (AvgIpc) is 2.71. The molecule has 0 amide bonds. The van der Waals surface area contributed by atoms with E-state index in [1.165, 1.54) is 0 Å². The summed E-state index contributed by atoms with van der Waals surface area (Å²) < 4.78 is 5.75. The molecule has 2 rings (SSSR count). The highest BCUT2D eigenvalue weighted by Crippen LogP contribution is 2.13. The third kappa shape index (κ3) is 2.89. The molecule has 1 fully saturated rings. The Hall–Kier alpha value is -1.16. The molecule has 1 aromatic rings. The van der Waals surface area contributed by atoms with E-state index in [0.717, 1.165) is 38.0 Å². The number of ether oxygens (including phenoxy) is 1. The molecule has 1 unspecified atom stereocenters. The molecular formula is C11H17N3O. The molecule has 0 spiro atoms. The maximum absolute atomic E-state index is 5.75. The van der Waals surface area contributed by atoms with Gasteiger partial charge < -0.3 is 10.1 Å². The Morgan fingerprint density at radius 3 is 3.20 bits per heavy atom. The molecule has 4 nitrogen and oxygen atoms in total. The standard InChI is InChI=1S/C11H17N3O/c1-2-3-9-6-11(14-8-13-9)15-10-4-5-12-7-10/h6,8,10,12H,2-5,7H2,1H3. The minimum Gasteiger partial charge on any atom is -0.473 e. The number of rotatable bonds is 4. The average molecular weight is 207 g/mol. The Labute approximate surface area is 90.1 Å². The fourth-order valence-corrected chi connectivity index (χ4v) is 1.73. The number of hydrogen-bond donors (Lipinski definition) is 1. The van der Waals surface area contributed by atoms with E-state index in [1.54, 1.807) is 6.33 Å². The highest BCUT2D eigenvalue weighted by molar-refractivity contribution is 5.14. The van der Waals surface area contributed by atoms with E-state index in [0.29, 0.717) is 5.88 Å². The molecule has 1 aromatic heterocycles. The first-order chi connectivity index (χ1) is 7.38. The monoisotopic (exact) mass is 207 g/mol. The van der Waals surface area contributed by atoms with Crippen LogP contribution in [0.1, 0.15) is 25.5 Å². The van der Waals surface area contributed by atoms with Crippen LogP contribution in [0.15, 0.2) is 12.4 Å². The molecule has 2 heterocycles. The predicted octanol–water partition coefficient (Wildman–Crippen LogP) is 1.17. The van der Waals surface area contributed by atoms with Crippen LogP contribution in [0.2, 0.25) is 0 Å². The summed E-state index contributed by atoms with van der Waals surface area (Å²) in [7, 11) is 0. The lowest BCUT2D eigenvalue weighted by atomic mass is 10.2. The quantitative estimate of drug-likeness (QED) is 0.805. The first-order valence-corrected chi connectivity index (χ1v) is 5.57. The van der Waals surface area contributed by atoms with Crippen LogP contribution in [0, 0.1) is 0 Å². The van der Waals surface area contributed by atoms with Crippen molar-refractivity contribution in [1.29, 1.82) is 0 Å². The zero-order valence-corrected chi connectivity index (χ0v) is 9.07. The molecule has 15 heavy (non-hydrogen) atoms. The molecular weight excluding hydrogens is 190 g/mol. The van der Waals surface area contributed by atoms with Crippen molar-refractivity contribution >= 4 is 0 Å². The summed E-state index contributed by atoms with van der Waals surface area (Å²) in [4.78, 5) is 8.32. The summed E-state index contributed by atoms with van der Waals surface area (Å²) in [6.07, 6.45) is 5.01. The van der Waals surface area contributed by atoms with Gasteiger partial charge in [0, 0.05) is 18.3 Å². The largest absolute Gasteiger partial charge is 0.473 e. The Kier molecular flexibility index (Phi) is 3.50. The number of aromatic nitrogens is 2. The second-order valence-corrected chi connectivity index (χ2v) is 3.83. The fraction of sp³-hybridized carbons (Fsp3) is 0.636. The van der Waals surface area contributed by atoms with Crippen molar-refractivity contribution in [2.24, 2.45) is 0 Å². The third-order valence-electron chi connectivity index (χ3n) is 2.51. The van der Waals surface area contributed by atoms with Crippen LogP contribution in [-0.2, 0) is 6.42 Å². The summed E-state index contributed by atoms with van der Waals surface area (Å²) in [5, 5.41) is 3.26. The third-order valence-corrected chi connectivity index (χ3v) is 2.51. The lowest BCUT2D eigenvalue weighted by molar-refractivity contribution is 0.213. The van der Waals surface area contributed by atoms with Crippen LogP contribution in [-0.4, -0.2) is 29.2 Å². The van der Waals surface area contributed by atoms with Crippen molar-refractivity contribution in [2.45, 2.75) is 32.3 Å². The highest BCUT2D eigenvalue weighted by atomic mass is 16.5.